The van der Waals surface area contributed by atoms with Crippen molar-refractivity contribution in [1.29, 1.82) is 0 Å². The van der Waals surface area contributed by atoms with Gasteiger partial charge in [-0.05, 0) is 31.9 Å². The van der Waals surface area contributed by atoms with Crippen LogP contribution in [-0.2, 0) is 0 Å². The topological polar surface area (TPSA) is 99.4 Å². The number of primary amides is 1. The molecule has 0 aliphatic heterocycles. The van der Waals surface area contributed by atoms with Crippen LogP contribution in [0.3, 0.4) is 0 Å². The minimum Gasteiger partial charge on any atom is -0.761 e. The van der Waals surface area contributed by atoms with Gasteiger partial charge in [0.25, 0.3) is 0 Å². The zero-order chi connectivity index (χ0) is 13.7. The summed E-state index contributed by atoms with van der Waals surface area (Å²) in [4.78, 5) is 10.5. The number of nitrogens with one attached hydrogen (secondary N) is 2. The zero-order valence-electron chi connectivity index (χ0n) is 10.8. The smallest absolute Gasteiger partial charge is 0.312 e. The number of carbonyl (C=O) groups is 1. The Morgan fingerprint density at radius 2 is 2.06 bits per heavy atom. The lowest BCUT2D eigenvalue weighted by molar-refractivity contribution is 0.244. The number of ether oxygens (including phenoxy) is 1. The van der Waals surface area contributed by atoms with Crippen molar-refractivity contribution in [1.82, 2.24) is 5.32 Å². The van der Waals surface area contributed by atoms with Gasteiger partial charge in [0.1, 0.15) is 12.4 Å². The van der Waals surface area contributed by atoms with Crippen LogP contribution in [0.25, 0.3) is 0 Å². The van der Waals surface area contributed by atoms with E-state index in [0.29, 0.717) is 24.6 Å². The lowest BCUT2D eigenvalue weighted by Crippen LogP contribution is -2.32. The summed E-state index contributed by atoms with van der Waals surface area (Å²) in [7, 11) is 0. The van der Waals surface area contributed by atoms with E-state index < -0.39 is 6.03 Å². The molecule has 100 valence electrons. The lowest BCUT2D eigenvalue weighted by Gasteiger charge is -2.21. The number of carbonyl (C=O) groups excluding carboxylic acids is 1. The van der Waals surface area contributed by atoms with E-state index in [1.807, 2.05) is 32.3 Å². The number of hydrogen-bond donors (Lipinski definition) is 3. The molecular weight excluding hydrogens is 234 g/mol. The molecule has 1 aromatic rings. The molecule has 18 heavy (non-hydrogen) atoms. The van der Waals surface area contributed by atoms with Gasteiger partial charge >= 0.3 is 6.03 Å². The Balaban J connectivity index is 2.79. The highest BCUT2D eigenvalue weighted by Crippen LogP contribution is 2.32. The van der Waals surface area contributed by atoms with E-state index in [-0.39, 0.29) is 0 Å². The zero-order valence-corrected chi connectivity index (χ0v) is 10.8. The molecule has 0 heterocycles. The van der Waals surface area contributed by atoms with Crippen LogP contribution in [0.2, 0.25) is 0 Å². The van der Waals surface area contributed by atoms with Crippen molar-refractivity contribution in [2.24, 2.45) is 5.73 Å². The average Bonchev–Trinajstić information content (AvgIpc) is 2.27. The van der Waals surface area contributed by atoms with Crippen molar-refractivity contribution in [3.05, 3.63) is 28.0 Å². The Morgan fingerprint density at radius 3 is 2.61 bits per heavy atom. The molecular formula is C12H18N3O3-. The van der Waals surface area contributed by atoms with Crippen molar-refractivity contribution in [3.63, 3.8) is 0 Å². The van der Waals surface area contributed by atoms with E-state index in [1.54, 1.807) is 0 Å². The van der Waals surface area contributed by atoms with E-state index >= 15 is 0 Å². The maximum Gasteiger partial charge on any atom is 0.312 e. The van der Waals surface area contributed by atoms with E-state index in [0.717, 1.165) is 16.7 Å². The number of nitrogens with two attached hydrogens (primary N) is 1. The summed E-state index contributed by atoms with van der Waals surface area (Å²) in [5.74, 6) is 0.658. The van der Waals surface area contributed by atoms with E-state index in [2.05, 4.69) is 5.32 Å². The molecule has 0 aliphatic carbocycles. The second-order valence-corrected chi connectivity index (χ2v) is 4.08. The summed E-state index contributed by atoms with van der Waals surface area (Å²) in [6, 6.07) is 1.29. The van der Waals surface area contributed by atoms with Gasteiger partial charge in [-0.25, -0.2) is 4.79 Å². The summed E-state index contributed by atoms with van der Waals surface area (Å²) < 4.78 is 5.57. The molecule has 1 aromatic carbocycles. The van der Waals surface area contributed by atoms with Gasteiger partial charge in [0.05, 0.1) is 6.54 Å². The molecule has 0 unspecified atom stereocenters. The second-order valence-electron chi connectivity index (χ2n) is 4.08. The van der Waals surface area contributed by atoms with Gasteiger partial charge in [-0.2, -0.15) is 0 Å². The van der Waals surface area contributed by atoms with E-state index in [4.69, 9.17) is 10.5 Å². The summed E-state index contributed by atoms with van der Waals surface area (Å²) in [5.41, 5.74) is 9.98. The van der Waals surface area contributed by atoms with Crippen LogP contribution in [-0.4, -0.2) is 19.2 Å². The van der Waals surface area contributed by atoms with Crippen molar-refractivity contribution >= 4 is 11.7 Å². The molecule has 0 radical (unpaired) electrons. The van der Waals surface area contributed by atoms with Gasteiger partial charge in [0, 0.05) is 11.3 Å². The molecule has 0 saturated carbocycles. The first-order valence-corrected chi connectivity index (χ1v) is 5.62. The van der Waals surface area contributed by atoms with E-state index in [9.17, 15) is 10.0 Å². The molecule has 4 N–H and O–H groups in total. The molecule has 1 rings (SSSR count). The van der Waals surface area contributed by atoms with Crippen LogP contribution < -0.4 is 21.3 Å². The number of amides is 2. The van der Waals surface area contributed by atoms with Gasteiger partial charge in [0.2, 0.25) is 0 Å². The minimum atomic E-state index is -0.585. The van der Waals surface area contributed by atoms with Gasteiger partial charge in [-0.1, -0.05) is 6.07 Å². The van der Waals surface area contributed by atoms with Crippen LogP contribution in [0.15, 0.2) is 6.07 Å². The second kappa shape index (κ2) is 6.11. The third-order valence-electron chi connectivity index (χ3n) is 2.65. The van der Waals surface area contributed by atoms with Crippen molar-refractivity contribution in [2.75, 3.05) is 18.6 Å². The van der Waals surface area contributed by atoms with Gasteiger partial charge in [-0.15, -0.1) is 0 Å². The van der Waals surface area contributed by atoms with Crippen molar-refractivity contribution < 1.29 is 9.53 Å². The normalized spacial score (nSPS) is 10.0. The first-order chi connectivity index (χ1) is 8.47. The Morgan fingerprint density at radius 1 is 1.39 bits per heavy atom. The highest BCUT2D eigenvalue weighted by Gasteiger charge is 2.10. The van der Waals surface area contributed by atoms with Crippen LogP contribution in [0.1, 0.15) is 16.7 Å². The molecule has 0 saturated heterocycles. The quantitative estimate of drug-likeness (QED) is 0.547. The molecule has 0 bridgehead atoms. The first-order valence-electron chi connectivity index (χ1n) is 5.62. The number of urea groups is 1. The molecule has 0 aliphatic rings. The number of benzene rings is 1. The third-order valence-corrected chi connectivity index (χ3v) is 2.65. The summed E-state index contributed by atoms with van der Waals surface area (Å²) in [6.07, 6.45) is 0. The Hall–Kier alpha value is -1.95. The highest BCUT2D eigenvalue weighted by molar-refractivity contribution is 5.71. The Bertz CT molecular complexity index is 447. The number of anilines is 1. The largest absolute Gasteiger partial charge is 0.761 e. The third kappa shape index (κ3) is 3.27. The highest BCUT2D eigenvalue weighted by atomic mass is 16.5. The standard InChI is InChI=1S/C12H18N3O3/c1-7-6-8(2)11(9(3)10(7)15-17)18-5-4-14-12(13)16/h6,15H,4-5H2,1-3H3,(H3,13,14,16)/q-1. The number of rotatable bonds is 5. The minimum absolute atomic E-state index is 0.298. The number of hydrogen-bond acceptors (Lipinski definition) is 4. The molecule has 0 atom stereocenters. The maximum absolute atomic E-state index is 10.9. The molecule has 6 nitrogen and oxygen atoms in total. The van der Waals surface area contributed by atoms with Gasteiger partial charge in [0.15, 0.2) is 0 Å². The van der Waals surface area contributed by atoms with Crippen LogP contribution in [0.4, 0.5) is 10.5 Å². The summed E-state index contributed by atoms with van der Waals surface area (Å²) in [5, 5.41) is 13.3. The fourth-order valence-electron chi connectivity index (χ4n) is 1.87. The van der Waals surface area contributed by atoms with Gasteiger partial charge < -0.3 is 26.5 Å². The predicted molar refractivity (Wildman–Crippen MR) is 70.7 cm³/mol. The fraction of sp³-hybridized carbons (Fsp3) is 0.417. The molecule has 0 aromatic heterocycles. The average molecular weight is 252 g/mol. The van der Waals surface area contributed by atoms with E-state index in [1.165, 1.54) is 0 Å². The molecule has 0 spiro atoms. The van der Waals surface area contributed by atoms with Crippen LogP contribution in [0, 0.1) is 26.0 Å². The van der Waals surface area contributed by atoms with Gasteiger partial charge in [-0.3, -0.25) is 0 Å². The lowest BCUT2D eigenvalue weighted by atomic mass is 10.0. The molecule has 0 fully saturated rings. The maximum atomic E-state index is 10.9. The molecule has 6 heteroatoms. The molecule has 2 amide bonds. The number of aryl methyl sites for hydroxylation is 2. The Kier molecular flexibility index (Phi) is 4.79. The predicted octanol–water partition coefficient (Wildman–Crippen LogP) is 1.57. The van der Waals surface area contributed by atoms with Crippen LogP contribution >= 0.6 is 0 Å². The van der Waals surface area contributed by atoms with Crippen molar-refractivity contribution in [3.8, 4) is 5.75 Å². The first kappa shape index (κ1) is 14.1. The fourth-order valence-corrected chi connectivity index (χ4v) is 1.87. The Labute approximate surface area is 106 Å². The van der Waals surface area contributed by atoms with Crippen molar-refractivity contribution in [2.45, 2.75) is 20.8 Å². The summed E-state index contributed by atoms with van der Waals surface area (Å²) in [6.45, 7) is 6.20. The summed E-state index contributed by atoms with van der Waals surface area (Å²) >= 11 is 0. The SMILES string of the molecule is Cc1cc(C)c(OCCNC(N)=O)c(C)c1N[O-]. The monoisotopic (exact) mass is 252 g/mol. The van der Waals surface area contributed by atoms with Crippen LogP contribution in [0.5, 0.6) is 5.75 Å².